The average Bonchev–Trinajstić information content (AvgIpc) is 2.60. The highest BCUT2D eigenvalue weighted by atomic mass is 15.3. The fraction of sp³-hybridized carbons (Fsp3) is 0.308. The van der Waals surface area contributed by atoms with Gasteiger partial charge < -0.3 is 5.73 Å². The van der Waals surface area contributed by atoms with E-state index >= 15 is 0 Å². The van der Waals surface area contributed by atoms with E-state index in [2.05, 4.69) is 38.0 Å². The number of benzene rings is 1. The predicted molar refractivity (Wildman–Crippen MR) is 66.8 cm³/mol. The third-order valence-electron chi connectivity index (χ3n) is 2.59. The molecule has 0 fully saturated rings. The number of nitrogens with zero attached hydrogens (tertiary/aromatic N) is 2. The quantitative estimate of drug-likeness (QED) is 0.837. The van der Waals surface area contributed by atoms with Crippen LogP contribution in [0.4, 0.5) is 5.69 Å². The Morgan fingerprint density at radius 2 is 2.06 bits per heavy atom. The van der Waals surface area contributed by atoms with E-state index in [1.165, 1.54) is 5.56 Å². The normalized spacial score (nSPS) is 11.0. The highest BCUT2D eigenvalue weighted by Crippen LogP contribution is 2.21. The molecule has 0 aliphatic heterocycles. The summed E-state index contributed by atoms with van der Waals surface area (Å²) in [6, 6.07) is 8.22. The van der Waals surface area contributed by atoms with E-state index in [1.54, 1.807) is 0 Å². The Hall–Kier alpha value is -1.77. The molecule has 2 aromatic rings. The summed E-state index contributed by atoms with van der Waals surface area (Å²) in [7, 11) is 0. The number of nitrogen functional groups attached to an aromatic ring is 1. The number of rotatable bonds is 2. The molecule has 3 heteroatoms. The van der Waals surface area contributed by atoms with E-state index in [0.29, 0.717) is 5.92 Å². The number of aryl methyl sites for hydroxylation is 1. The van der Waals surface area contributed by atoms with Gasteiger partial charge in [0.2, 0.25) is 0 Å². The van der Waals surface area contributed by atoms with Gasteiger partial charge in [0.15, 0.2) is 0 Å². The molecule has 0 saturated carbocycles. The summed E-state index contributed by atoms with van der Waals surface area (Å²) in [5.41, 5.74) is 9.93. The molecule has 0 saturated heterocycles. The second kappa shape index (κ2) is 4.00. The zero-order valence-electron chi connectivity index (χ0n) is 9.94. The molecule has 16 heavy (non-hydrogen) atoms. The van der Waals surface area contributed by atoms with Gasteiger partial charge in [-0.15, -0.1) is 0 Å². The van der Waals surface area contributed by atoms with E-state index in [1.807, 2.05) is 23.0 Å². The molecule has 0 amide bonds. The SMILES string of the molecule is Cc1cccc(-n2cc(N)c(C(C)C)n2)c1. The third kappa shape index (κ3) is 1.94. The summed E-state index contributed by atoms with van der Waals surface area (Å²) in [4.78, 5) is 0. The Morgan fingerprint density at radius 1 is 1.31 bits per heavy atom. The fourth-order valence-corrected chi connectivity index (χ4v) is 1.75. The minimum absolute atomic E-state index is 0.353. The standard InChI is InChI=1S/C13H17N3/c1-9(2)13-12(14)8-16(15-13)11-6-4-5-10(3)7-11/h4-9H,14H2,1-3H3. The van der Waals surface area contributed by atoms with Gasteiger partial charge >= 0.3 is 0 Å². The first-order valence-corrected chi connectivity index (χ1v) is 5.50. The van der Waals surface area contributed by atoms with Crippen LogP contribution in [-0.4, -0.2) is 9.78 Å². The lowest BCUT2D eigenvalue weighted by Crippen LogP contribution is -1.97. The van der Waals surface area contributed by atoms with Crippen LogP contribution in [0.1, 0.15) is 31.0 Å². The topological polar surface area (TPSA) is 43.8 Å². The summed E-state index contributed by atoms with van der Waals surface area (Å²) < 4.78 is 1.84. The Kier molecular flexibility index (Phi) is 2.69. The fourth-order valence-electron chi connectivity index (χ4n) is 1.75. The zero-order chi connectivity index (χ0) is 11.7. The first-order chi connectivity index (χ1) is 7.58. The van der Waals surface area contributed by atoms with E-state index in [4.69, 9.17) is 5.73 Å². The van der Waals surface area contributed by atoms with Crippen molar-refractivity contribution in [1.82, 2.24) is 9.78 Å². The van der Waals surface area contributed by atoms with Crippen LogP contribution in [0, 0.1) is 6.92 Å². The van der Waals surface area contributed by atoms with Crippen molar-refractivity contribution in [3.63, 3.8) is 0 Å². The van der Waals surface area contributed by atoms with Crippen LogP contribution in [0.3, 0.4) is 0 Å². The average molecular weight is 215 g/mol. The van der Waals surface area contributed by atoms with Crippen LogP contribution in [0.2, 0.25) is 0 Å². The molecule has 0 spiro atoms. The molecule has 1 aromatic carbocycles. The second-order valence-corrected chi connectivity index (χ2v) is 4.41. The summed E-state index contributed by atoms with van der Waals surface area (Å²) in [5, 5.41) is 4.51. The molecule has 1 heterocycles. The van der Waals surface area contributed by atoms with E-state index in [-0.39, 0.29) is 0 Å². The Bertz CT molecular complexity index is 498. The molecule has 2 N–H and O–H groups in total. The number of hydrogen-bond acceptors (Lipinski definition) is 2. The first kappa shape index (κ1) is 10.7. The predicted octanol–water partition coefficient (Wildman–Crippen LogP) is 2.89. The lowest BCUT2D eigenvalue weighted by Gasteiger charge is -2.02. The lowest BCUT2D eigenvalue weighted by atomic mass is 10.1. The maximum Gasteiger partial charge on any atom is 0.0883 e. The maximum atomic E-state index is 5.93. The highest BCUT2D eigenvalue weighted by molar-refractivity contribution is 5.46. The van der Waals surface area contributed by atoms with Gasteiger partial charge in [0, 0.05) is 0 Å². The van der Waals surface area contributed by atoms with Crippen molar-refractivity contribution in [1.29, 1.82) is 0 Å². The number of anilines is 1. The van der Waals surface area contributed by atoms with Crippen LogP contribution >= 0.6 is 0 Å². The van der Waals surface area contributed by atoms with Crippen molar-refractivity contribution >= 4 is 5.69 Å². The Balaban J connectivity index is 2.45. The van der Waals surface area contributed by atoms with Crippen molar-refractivity contribution in [2.45, 2.75) is 26.7 Å². The minimum atomic E-state index is 0.353. The summed E-state index contributed by atoms with van der Waals surface area (Å²) >= 11 is 0. The van der Waals surface area contributed by atoms with Crippen molar-refractivity contribution < 1.29 is 0 Å². The van der Waals surface area contributed by atoms with Crippen molar-refractivity contribution in [3.05, 3.63) is 41.7 Å². The molecule has 0 unspecified atom stereocenters. The maximum absolute atomic E-state index is 5.93. The van der Waals surface area contributed by atoms with Gasteiger partial charge in [0.25, 0.3) is 0 Å². The van der Waals surface area contributed by atoms with Gasteiger partial charge in [0.05, 0.1) is 23.3 Å². The highest BCUT2D eigenvalue weighted by Gasteiger charge is 2.10. The summed E-state index contributed by atoms with van der Waals surface area (Å²) in [6.45, 7) is 6.26. The molecule has 2 rings (SSSR count). The monoisotopic (exact) mass is 215 g/mol. The molecule has 3 nitrogen and oxygen atoms in total. The van der Waals surface area contributed by atoms with Gasteiger partial charge in [-0.25, -0.2) is 4.68 Å². The molecule has 0 aliphatic rings. The molecule has 0 aliphatic carbocycles. The number of hydrogen-bond donors (Lipinski definition) is 1. The molecular formula is C13H17N3. The van der Waals surface area contributed by atoms with E-state index in [9.17, 15) is 0 Å². The van der Waals surface area contributed by atoms with Crippen LogP contribution in [-0.2, 0) is 0 Å². The molecule has 0 bridgehead atoms. The van der Waals surface area contributed by atoms with E-state index in [0.717, 1.165) is 17.1 Å². The van der Waals surface area contributed by atoms with E-state index < -0.39 is 0 Å². The van der Waals surface area contributed by atoms with Gasteiger partial charge in [-0.1, -0.05) is 26.0 Å². The van der Waals surface area contributed by atoms with Crippen LogP contribution in [0.15, 0.2) is 30.5 Å². The molecule has 1 aromatic heterocycles. The third-order valence-corrected chi connectivity index (χ3v) is 2.59. The number of nitrogens with two attached hydrogens (primary N) is 1. The van der Waals surface area contributed by atoms with Crippen LogP contribution in [0.5, 0.6) is 0 Å². The second-order valence-electron chi connectivity index (χ2n) is 4.41. The summed E-state index contributed by atoms with van der Waals surface area (Å²) in [5.74, 6) is 0.353. The van der Waals surface area contributed by atoms with Gasteiger partial charge in [0.1, 0.15) is 0 Å². The largest absolute Gasteiger partial charge is 0.396 e. The van der Waals surface area contributed by atoms with Crippen molar-refractivity contribution in [3.8, 4) is 5.69 Å². The lowest BCUT2D eigenvalue weighted by molar-refractivity contribution is 0.769. The van der Waals surface area contributed by atoms with Crippen LogP contribution < -0.4 is 5.73 Å². The van der Waals surface area contributed by atoms with Gasteiger partial charge in [-0.2, -0.15) is 5.10 Å². The zero-order valence-corrected chi connectivity index (χ0v) is 9.94. The number of aromatic nitrogens is 2. The Labute approximate surface area is 95.9 Å². The molecule has 0 radical (unpaired) electrons. The van der Waals surface area contributed by atoms with Crippen molar-refractivity contribution in [2.24, 2.45) is 0 Å². The minimum Gasteiger partial charge on any atom is -0.396 e. The molecule has 84 valence electrons. The Morgan fingerprint density at radius 3 is 2.62 bits per heavy atom. The van der Waals surface area contributed by atoms with Crippen molar-refractivity contribution in [2.75, 3.05) is 5.73 Å². The smallest absolute Gasteiger partial charge is 0.0883 e. The van der Waals surface area contributed by atoms with Gasteiger partial charge in [-0.05, 0) is 30.5 Å². The summed E-state index contributed by atoms with van der Waals surface area (Å²) in [6.07, 6.45) is 1.88. The van der Waals surface area contributed by atoms with Gasteiger partial charge in [-0.3, -0.25) is 0 Å². The molecular weight excluding hydrogens is 198 g/mol. The first-order valence-electron chi connectivity index (χ1n) is 5.50. The molecule has 0 atom stereocenters. The van der Waals surface area contributed by atoms with Crippen LogP contribution in [0.25, 0.3) is 5.69 Å².